The standard InChI is InChI=1S/C22H32N2O4.CH2O2/c1-3-12-24-13-10-22(11-14-24)17-21(2,19(25)16-28-22)23-20(26)9-15-27-18-7-5-4-6-8-18;2-1-3/h3-8,19,25H,1,9-17H2,2H3,(H,23,26);1H,(H,2,3)/t19-,21-;/m1./s1. The van der Waals surface area contributed by atoms with Gasteiger partial charge in [-0.1, -0.05) is 24.3 Å². The van der Waals surface area contributed by atoms with Gasteiger partial charge in [0.25, 0.3) is 6.47 Å². The van der Waals surface area contributed by atoms with Crippen LogP contribution in [0, 0.1) is 0 Å². The summed E-state index contributed by atoms with van der Waals surface area (Å²) in [4.78, 5) is 23.2. The van der Waals surface area contributed by atoms with Gasteiger partial charge in [0.1, 0.15) is 11.9 Å². The van der Waals surface area contributed by atoms with Gasteiger partial charge in [0.05, 0.1) is 30.8 Å². The number of carbonyl (C=O) groups excluding carboxylic acids is 1. The fourth-order valence-electron chi connectivity index (χ4n) is 4.21. The second kappa shape index (κ2) is 11.8. The number of aliphatic hydroxyl groups excluding tert-OH is 1. The Balaban J connectivity index is 0.00000107. The monoisotopic (exact) mass is 434 g/mol. The first-order chi connectivity index (χ1) is 14.9. The molecule has 2 fully saturated rings. The Hall–Kier alpha value is -2.42. The zero-order valence-corrected chi connectivity index (χ0v) is 18.2. The molecule has 2 saturated heterocycles. The molecule has 0 saturated carbocycles. The molecule has 1 spiro atoms. The lowest BCUT2D eigenvalue weighted by Crippen LogP contribution is -2.65. The molecule has 2 atom stereocenters. The maximum atomic E-state index is 12.5. The van der Waals surface area contributed by atoms with Gasteiger partial charge in [0.15, 0.2) is 0 Å². The smallest absolute Gasteiger partial charge is 0.290 e. The zero-order valence-electron chi connectivity index (χ0n) is 18.2. The number of amides is 1. The number of ether oxygens (including phenoxy) is 2. The van der Waals surface area contributed by atoms with Gasteiger partial charge in [-0.05, 0) is 31.9 Å². The van der Waals surface area contributed by atoms with Crippen molar-refractivity contribution in [1.29, 1.82) is 0 Å². The van der Waals surface area contributed by atoms with Crippen molar-refractivity contribution in [3.63, 3.8) is 0 Å². The Kier molecular flexibility index (Phi) is 9.48. The fourth-order valence-corrected chi connectivity index (χ4v) is 4.21. The number of carboxylic acid groups (broad SMARTS) is 1. The summed E-state index contributed by atoms with van der Waals surface area (Å²) in [5, 5.41) is 20.5. The maximum absolute atomic E-state index is 12.5. The highest BCUT2D eigenvalue weighted by Gasteiger charge is 2.49. The molecule has 0 aromatic heterocycles. The Bertz CT molecular complexity index is 705. The molecule has 3 N–H and O–H groups in total. The van der Waals surface area contributed by atoms with Gasteiger partial charge >= 0.3 is 0 Å². The van der Waals surface area contributed by atoms with Crippen molar-refractivity contribution in [1.82, 2.24) is 10.2 Å². The largest absolute Gasteiger partial charge is 0.493 e. The Morgan fingerprint density at radius 2 is 2.00 bits per heavy atom. The van der Waals surface area contributed by atoms with Gasteiger partial charge in [-0.3, -0.25) is 14.5 Å². The highest BCUT2D eigenvalue weighted by molar-refractivity contribution is 5.77. The van der Waals surface area contributed by atoms with Crippen LogP contribution in [0.2, 0.25) is 0 Å². The number of benzene rings is 1. The third-order valence-electron chi connectivity index (χ3n) is 5.89. The van der Waals surface area contributed by atoms with E-state index < -0.39 is 11.6 Å². The predicted octanol–water partition coefficient (Wildman–Crippen LogP) is 1.83. The quantitative estimate of drug-likeness (QED) is 0.444. The van der Waals surface area contributed by atoms with E-state index in [1.165, 1.54) is 0 Å². The van der Waals surface area contributed by atoms with Gasteiger partial charge in [-0.25, -0.2) is 0 Å². The number of aliphatic hydroxyl groups is 1. The molecule has 31 heavy (non-hydrogen) atoms. The first kappa shape index (κ1) is 24.8. The zero-order chi connectivity index (χ0) is 22.7. The van der Waals surface area contributed by atoms with Crippen LogP contribution in [0.1, 0.15) is 32.6 Å². The Morgan fingerprint density at radius 3 is 2.61 bits per heavy atom. The van der Waals surface area contributed by atoms with E-state index in [9.17, 15) is 9.90 Å². The van der Waals surface area contributed by atoms with Crippen LogP contribution in [0.3, 0.4) is 0 Å². The lowest BCUT2D eigenvalue weighted by molar-refractivity contribution is -0.181. The van der Waals surface area contributed by atoms with Crippen LogP contribution in [0.15, 0.2) is 43.0 Å². The highest BCUT2D eigenvalue weighted by atomic mass is 16.5. The summed E-state index contributed by atoms with van der Waals surface area (Å²) in [6, 6.07) is 9.45. The second-order valence-electron chi connectivity index (χ2n) is 8.26. The summed E-state index contributed by atoms with van der Waals surface area (Å²) < 4.78 is 11.7. The number of hydrogen-bond donors (Lipinski definition) is 3. The molecule has 3 rings (SSSR count). The van der Waals surface area contributed by atoms with Gasteiger partial charge in [-0.15, -0.1) is 6.58 Å². The molecule has 0 bridgehead atoms. The Labute approximate surface area is 183 Å². The number of nitrogens with zero attached hydrogens (tertiary/aromatic N) is 1. The molecule has 1 aromatic rings. The Morgan fingerprint density at radius 1 is 1.35 bits per heavy atom. The summed E-state index contributed by atoms with van der Waals surface area (Å²) >= 11 is 0. The minimum atomic E-state index is -0.719. The third-order valence-corrected chi connectivity index (χ3v) is 5.89. The average molecular weight is 435 g/mol. The third kappa shape index (κ3) is 7.34. The van der Waals surface area contributed by atoms with Gasteiger partial charge in [0.2, 0.25) is 5.91 Å². The molecule has 2 heterocycles. The van der Waals surface area contributed by atoms with E-state index in [1.807, 2.05) is 43.3 Å². The molecule has 1 aromatic carbocycles. The SMILES string of the molecule is C=CCN1CCC2(CC1)C[C@@](C)(NC(=O)CCOc1ccccc1)[C@H](O)CO2.O=CO. The van der Waals surface area contributed by atoms with Gasteiger partial charge < -0.3 is 25.0 Å². The van der Waals surface area contributed by atoms with Crippen LogP contribution < -0.4 is 10.1 Å². The molecule has 0 radical (unpaired) electrons. The van der Waals surface area contributed by atoms with E-state index in [0.29, 0.717) is 13.0 Å². The first-order valence-corrected chi connectivity index (χ1v) is 10.6. The first-order valence-electron chi connectivity index (χ1n) is 10.6. The molecule has 2 aliphatic rings. The summed E-state index contributed by atoms with van der Waals surface area (Å²) in [7, 11) is 0. The summed E-state index contributed by atoms with van der Waals surface area (Å²) in [6.07, 6.45) is 3.87. The predicted molar refractivity (Wildman–Crippen MR) is 117 cm³/mol. The van der Waals surface area contributed by atoms with E-state index in [2.05, 4.69) is 16.8 Å². The van der Waals surface area contributed by atoms with E-state index in [1.54, 1.807) is 0 Å². The van der Waals surface area contributed by atoms with Crippen molar-refractivity contribution in [2.45, 2.75) is 49.9 Å². The summed E-state index contributed by atoms with van der Waals surface area (Å²) in [6.45, 7) is 8.80. The average Bonchev–Trinajstić information content (AvgIpc) is 2.74. The molecule has 0 unspecified atom stereocenters. The minimum absolute atomic E-state index is 0.112. The van der Waals surface area contributed by atoms with Crippen LogP contribution in [0.25, 0.3) is 0 Å². The maximum Gasteiger partial charge on any atom is 0.290 e. The normalized spacial score (nSPS) is 25.0. The van der Waals surface area contributed by atoms with E-state index in [-0.39, 0.29) is 31.0 Å². The van der Waals surface area contributed by atoms with Crippen LogP contribution >= 0.6 is 0 Å². The molecule has 172 valence electrons. The number of likely N-dealkylation sites (tertiary alicyclic amines) is 1. The lowest BCUT2D eigenvalue weighted by atomic mass is 9.74. The number of hydrogen-bond acceptors (Lipinski definition) is 6. The number of nitrogens with one attached hydrogen (secondary N) is 1. The van der Waals surface area contributed by atoms with E-state index in [4.69, 9.17) is 19.4 Å². The van der Waals surface area contributed by atoms with Crippen molar-refractivity contribution in [2.24, 2.45) is 0 Å². The molecular formula is C23H34N2O6. The molecule has 8 heteroatoms. The number of para-hydroxylation sites is 1. The van der Waals surface area contributed by atoms with Crippen molar-refractivity contribution < 1.29 is 29.3 Å². The van der Waals surface area contributed by atoms with Crippen molar-refractivity contribution >= 4 is 12.4 Å². The van der Waals surface area contributed by atoms with Crippen LogP contribution in [-0.4, -0.2) is 77.6 Å². The molecule has 8 nitrogen and oxygen atoms in total. The van der Waals surface area contributed by atoms with Gasteiger partial charge in [-0.2, -0.15) is 0 Å². The van der Waals surface area contributed by atoms with Crippen LogP contribution in [0.5, 0.6) is 5.75 Å². The second-order valence-corrected chi connectivity index (χ2v) is 8.26. The van der Waals surface area contributed by atoms with Crippen molar-refractivity contribution in [3.8, 4) is 5.75 Å². The summed E-state index contributed by atoms with van der Waals surface area (Å²) in [5.41, 5.74) is -0.970. The van der Waals surface area contributed by atoms with Crippen LogP contribution in [0.4, 0.5) is 0 Å². The van der Waals surface area contributed by atoms with Crippen molar-refractivity contribution in [2.75, 3.05) is 32.8 Å². The number of rotatable bonds is 7. The topological polar surface area (TPSA) is 108 Å². The van der Waals surface area contributed by atoms with Gasteiger partial charge in [0, 0.05) is 26.1 Å². The van der Waals surface area contributed by atoms with E-state index in [0.717, 1.165) is 38.2 Å². The number of piperidine rings is 1. The number of carbonyl (C=O) groups is 2. The molecule has 0 aliphatic carbocycles. The minimum Gasteiger partial charge on any atom is -0.493 e. The van der Waals surface area contributed by atoms with Crippen LogP contribution in [-0.2, 0) is 14.3 Å². The highest BCUT2D eigenvalue weighted by Crippen LogP contribution is 2.39. The lowest BCUT2D eigenvalue weighted by Gasteiger charge is -2.52. The molecule has 2 aliphatic heterocycles. The fraction of sp³-hybridized carbons (Fsp3) is 0.565. The molecular weight excluding hydrogens is 400 g/mol. The van der Waals surface area contributed by atoms with E-state index >= 15 is 0 Å². The molecule has 1 amide bonds. The summed E-state index contributed by atoms with van der Waals surface area (Å²) in [5.74, 6) is 0.636. The van der Waals surface area contributed by atoms with Crippen molar-refractivity contribution in [3.05, 3.63) is 43.0 Å².